The Kier molecular flexibility index (Phi) is 4.90. The van der Waals surface area contributed by atoms with Crippen molar-refractivity contribution < 1.29 is 23.1 Å². The minimum absolute atomic E-state index is 0.000620. The zero-order chi connectivity index (χ0) is 23.1. The van der Waals surface area contributed by atoms with Crippen LogP contribution in [0.4, 0.5) is 13.2 Å². The van der Waals surface area contributed by atoms with E-state index in [0.717, 1.165) is 44.7 Å². The summed E-state index contributed by atoms with van der Waals surface area (Å²) >= 11 is 0. The zero-order valence-electron chi connectivity index (χ0n) is 18.9. The average Bonchev–Trinajstić information content (AvgIpc) is 3.39. The van der Waals surface area contributed by atoms with Gasteiger partial charge in [0.25, 0.3) is 0 Å². The summed E-state index contributed by atoms with van der Waals surface area (Å²) in [5.41, 5.74) is 0.0351. The molecule has 1 saturated heterocycles. The van der Waals surface area contributed by atoms with Crippen LogP contribution in [0.25, 0.3) is 0 Å². The highest BCUT2D eigenvalue weighted by Gasteiger charge is 2.61. The molecule has 8 heteroatoms. The molecule has 8 atom stereocenters. The molecular weight excluding hydrogens is 431 g/mol. The van der Waals surface area contributed by atoms with E-state index in [9.17, 15) is 23.1 Å². The van der Waals surface area contributed by atoms with Gasteiger partial charge in [-0.2, -0.15) is 13.2 Å². The lowest BCUT2D eigenvalue weighted by Crippen LogP contribution is -2.49. The van der Waals surface area contributed by atoms with Gasteiger partial charge in [0.15, 0.2) is 0 Å². The molecule has 0 aromatic carbocycles. The van der Waals surface area contributed by atoms with Gasteiger partial charge in [0, 0.05) is 48.9 Å². The smallest absolute Gasteiger partial charge is 0.393 e. The number of nitrogens with zero attached hydrogens (tertiary/aromatic N) is 2. The van der Waals surface area contributed by atoms with Gasteiger partial charge >= 0.3 is 6.18 Å². The van der Waals surface area contributed by atoms with Crippen LogP contribution in [0.15, 0.2) is 12.3 Å². The minimum atomic E-state index is -4.43. The standard InChI is InChI=1S/C25H32F3N3O2/c1-13-20-9-19-15(8-16(11-29-19)25(26,27)28)12-31(20)23(33)24(13)7-6-17(10-24)30-22-14-2-4-18(22)21(32)5-3-14/h8,11,13-14,17-18,20-22,30,32H,2-7,9-10,12H2,1H3/t13?,14?,17-,18?,20?,21?,22?,24+/m1/s1. The molecule has 4 fully saturated rings. The van der Waals surface area contributed by atoms with Gasteiger partial charge in [0.1, 0.15) is 0 Å². The molecule has 3 aliphatic carbocycles. The minimum Gasteiger partial charge on any atom is -0.393 e. The monoisotopic (exact) mass is 463 g/mol. The van der Waals surface area contributed by atoms with E-state index in [4.69, 9.17) is 0 Å². The molecule has 5 aliphatic rings. The zero-order valence-corrected chi connectivity index (χ0v) is 18.9. The lowest BCUT2D eigenvalue weighted by Gasteiger charge is -2.37. The Morgan fingerprint density at radius 3 is 2.79 bits per heavy atom. The highest BCUT2D eigenvalue weighted by atomic mass is 19.4. The van der Waals surface area contributed by atoms with E-state index < -0.39 is 17.2 Å². The van der Waals surface area contributed by atoms with Crippen molar-refractivity contribution in [2.24, 2.45) is 23.2 Å². The number of rotatable bonds is 2. The largest absolute Gasteiger partial charge is 0.417 e. The van der Waals surface area contributed by atoms with E-state index >= 15 is 0 Å². The van der Waals surface area contributed by atoms with Crippen molar-refractivity contribution in [3.8, 4) is 0 Å². The third-order valence-electron chi connectivity index (χ3n) is 9.81. The van der Waals surface area contributed by atoms with Gasteiger partial charge in [-0.3, -0.25) is 9.78 Å². The van der Waals surface area contributed by atoms with Crippen molar-refractivity contribution in [3.05, 3.63) is 29.1 Å². The maximum Gasteiger partial charge on any atom is 0.417 e. The summed E-state index contributed by atoms with van der Waals surface area (Å²) in [5.74, 6) is 1.20. The fraction of sp³-hybridized carbons (Fsp3) is 0.760. The molecule has 2 N–H and O–H groups in total. The van der Waals surface area contributed by atoms with Crippen LogP contribution in [0, 0.1) is 23.2 Å². The van der Waals surface area contributed by atoms with Gasteiger partial charge < -0.3 is 15.3 Å². The molecule has 5 nitrogen and oxygen atoms in total. The number of hydrogen-bond acceptors (Lipinski definition) is 4. The second-order valence-corrected chi connectivity index (χ2v) is 11.3. The highest BCUT2D eigenvalue weighted by Crippen LogP contribution is 2.55. The fourth-order valence-electron chi connectivity index (χ4n) is 7.97. The number of aromatic nitrogens is 1. The molecule has 3 saturated carbocycles. The van der Waals surface area contributed by atoms with E-state index in [-0.39, 0.29) is 36.6 Å². The first kappa shape index (κ1) is 21.8. The van der Waals surface area contributed by atoms with E-state index in [1.54, 1.807) is 0 Å². The Morgan fingerprint density at radius 2 is 2.00 bits per heavy atom. The molecule has 2 bridgehead atoms. The molecule has 2 aliphatic heterocycles. The summed E-state index contributed by atoms with van der Waals surface area (Å²) in [7, 11) is 0. The van der Waals surface area contributed by atoms with Crippen molar-refractivity contribution in [2.45, 2.75) is 95.2 Å². The summed E-state index contributed by atoms with van der Waals surface area (Å²) in [6.07, 6.45) is 3.57. The van der Waals surface area contributed by atoms with Crippen molar-refractivity contribution in [1.29, 1.82) is 0 Å². The lowest BCUT2D eigenvalue weighted by molar-refractivity contribution is -0.138. The Hall–Kier alpha value is -1.67. The topological polar surface area (TPSA) is 65.5 Å². The second-order valence-electron chi connectivity index (χ2n) is 11.3. The van der Waals surface area contributed by atoms with Gasteiger partial charge in [-0.25, -0.2) is 0 Å². The van der Waals surface area contributed by atoms with Crippen LogP contribution in [0.5, 0.6) is 0 Å². The van der Waals surface area contributed by atoms with Crippen LogP contribution >= 0.6 is 0 Å². The second kappa shape index (κ2) is 7.41. The first-order valence-electron chi connectivity index (χ1n) is 12.5. The van der Waals surface area contributed by atoms with Crippen LogP contribution in [0.3, 0.4) is 0 Å². The summed E-state index contributed by atoms with van der Waals surface area (Å²) in [6, 6.07) is 1.77. The number of aliphatic hydroxyl groups is 1. The number of pyridine rings is 1. The van der Waals surface area contributed by atoms with Gasteiger partial charge in [-0.15, -0.1) is 0 Å². The summed E-state index contributed by atoms with van der Waals surface area (Å²) in [6.45, 7) is 2.37. The predicted octanol–water partition coefficient (Wildman–Crippen LogP) is 3.68. The normalized spacial score (nSPS) is 42.2. The lowest BCUT2D eigenvalue weighted by atomic mass is 9.73. The Bertz CT molecular complexity index is 969. The van der Waals surface area contributed by atoms with Crippen molar-refractivity contribution in [1.82, 2.24) is 15.2 Å². The fourth-order valence-corrected chi connectivity index (χ4v) is 7.97. The number of hydrogen-bond donors (Lipinski definition) is 2. The number of fused-ring (bicyclic) bond motifs is 4. The van der Waals surface area contributed by atoms with Crippen LogP contribution < -0.4 is 5.32 Å². The van der Waals surface area contributed by atoms with Crippen LogP contribution in [-0.2, 0) is 23.9 Å². The van der Waals surface area contributed by atoms with Crippen LogP contribution in [-0.4, -0.2) is 45.1 Å². The third kappa shape index (κ3) is 3.27. The molecule has 1 spiro atoms. The maximum atomic E-state index is 13.7. The first-order valence-corrected chi connectivity index (χ1v) is 12.5. The van der Waals surface area contributed by atoms with Gasteiger partial charge in [0.2, 0.25) is 5.91 Å². The molecule has 0 radical (unpaired) electrons. The van der Waals surface area contributed by atoms with Gasteiger partial charge in [-0.1, -0.05) is 6.92 Å². The number of nitrogens with one attached hydrogen (secondary N) is 1. The number of halogens is 3. The van der Waals surface area contributed by atoms with E-state index in [1.807, 2.05) is 4.90 Å². The summed E-state index contributed by atoms with van der Waals surface area (Å²) in [5, 5.41) is 14.3. The number of carbonyl (C=O) groups excluding carboxylic acids is 1. The summed E-state index contributed by atoms with van der Waals surface area (Å²) < 4.78 is 39.5. The van der Waals surface area contributed by atoms with E-state index in [0.29, 0.717) is 35.6 Å². The first-order chi connectivity index (χ1) is 15.7. The molecule has 6 unspecified atom stereocenters. The molecule has 1 aromatic rings. The molecular formula is C25H32F3N3O2. The quantitative estimate of drug-likeness (QED) is 0.702. The molecule has 1 aromatic heterocycles. The molecule has 180 valence electrons. The number of alkyl halides is 3. The number of carbonyl (C=O) groups is 1. The SMILES string of the molecule is CC1C2Cc3ncc(C(F)(F)F)cc3CN2C(=O)[C@]12CC[C@@H](NC1C3CCC(O)C1CC3)C2. The van der Waals surface area contributed by atoms with Gasteiger partial charge in [0.05, 0.1) is 17.1 Å². The van der Waals surface area contributed by atoms with Crippen molar-refractivity contribution >= 4 is 5.91 Å². The number of aliphatic hydroxyl groups excluding tert-OH is 1. The van der Waals surface area contributed by atoms with Crippen LogP contribution in [0.1, 0.15) is 68.7 Å². The summed E-state index contributed by atoms with van der Waals surface area (Å²) in [4.78, 5) is 19.7. The van der Waals surface area contributed by atoms with E-state index in [2.05, 4.69) is 17.2 Å². The molecule has 3 heterocycles. The number of amides is 1. The van der Waals surface area contributed by atoms with Crippen molar-refractivity contribution in [3.63, 3.8) is 0 Å². The average molecular weight is 464 g/mol. The highest BCUT2D eigenvalue weighted by molar-refractivity contribution is 5.87. The molecule has 33 heavy (non-hydrogen) atoms. The van der Waals surface area contributed by atoms with Crippen molar-refractivity contribution in [2.75, 3.05) is 0 Å². The third-order valence-corrected chi connectivity index (χ3v) is 9.81. The maximum absolute atomic E-state index is 13.7. The molecule has 1 amide bonds. The van der Waals surface area contributed by atoms with Crippen LogP contribution in [0.2, 0.25) is 0 Å². The Morgan fingerprint density at radius 1 is 1.21 bits per heavy atom. The molecule has 6 rings (SSSR count). The van der Waals surface area contributed by atoms with E-state index in [1.165, 1.54) is 12.5 Å². The Labute approximate surface area is 192 Å². The Balaban J connectivity index is 1.20. The van der Waals surface area contributed by atoms with Gasteiger partial charge in [-0.05, 0) is 68.4 Å². The predicted molar refractivity (Wildman–Crippen MR) is 115 cm³/mol.